The topological polar surface area (TPSA) is 61.4 Å². The molecule has 0 atom stereocenters. The maximum Gasteiger partial charge on any atom is 0.238 e. The summed E-state index contributed by atoms with van der Waals surface area (Å²) in [4.78, 5) is 16.9. The van der Waals surface area contributed by atoms with Crippen molar-refractivity contribution in [2.75, 3.05) is 38.0 Å². The molecule has 0 saturated carbocycles. The molecule has 4 rings (SSSR count). The van der Waals surface area contributed by atoms with Crippen molar-refractivity contribution in [1.29, 1.82) is 0 Å². The van der Waals surface area contributed by atoms with E-state index in [1.54, 1.807) is 0 Å². The Hall–Kier alpha value is -1.77. The number of amides is 1. The number of fused-ring (bicyclic) bond motifs is 1. The van der Waals surface area contributed by atoms with Crippen LogP contribution in [0.15, 0.2) is 36.4 Å². The lowest BCUT2D eigenvalue weighted by atomic mass is 10.2. The van der Waals surface area contributed by atoms with Crippen LogP contribution in [0.4, 0.5) is 5.69 Å². The number of carbonyl (C=O) groups excluding carboxylic acids is 1. The molecule has 1 N–H and O–H groups in total. The lowest BCUT2D eigenvalue weighted by Crippen LogP contribution is -2.48. The second kappa shape index (κ2) is 8.71. The maximum absolute atomic E-state index is 12.5. The summed E-state index contributed by atoms with van der Waals surface area (Å²) in [6.45, 7) is 4.43. The number of nitrogens with zero attached hydrogens (tertiary/aromatic N) is 4. The lowest BCUT2D eigenvalue weighted by Gasteiger charge is -2.34. The van der Waals surface area contributed by atoms with E-state index in [1.165, 1.54) is 0 Å². The summed E-state index contributed by atoms with van der Waals surface area (Å²) in [7, 11) is 0. The Morgan fingerprint density at radius 2 is 1.68 bits per heavy atom. The third-order valence-electron chi connectivity index (χ3n) is 4.84. The standard InChI is InChI=1S/C19H19Cl2N5OS/c20-14-3-1-4-15(21)13(14)11-25-7-9-26(10-8-25)12-18(27)22-16-5-2-6-17-19(16)24-28-23-17/h1-6H,7-12H2,(H,22,27). The van der Waals surface area contributed by atoms with Gasteiger partial charge in [-0.15, -0.1) is 0 Å². The number of hydrogen-bond donors (Lipinski definition) is 1. The number of aromatic nitrogens is 2. The fourth-order valence-electron chi connectivity index (χ4n) is 3.31. The number of nitrogens with one attached hydrogen (secondary N) is 1. The van der Waals surface area contributed by atoms with Crippen molar-refractivity contribution < 1.29 is 4.79 Å². The summed E-state index contributed by atoms with van der Waals surface area (Å²) in [6.07, 6.45) is 0. The molecule has 2 heterocycles. The smallest absolute Gasteiger partial charge is 0.238 e. The molecule has 6 nitrogen and oxygen atoms in total. The van der Waals surface area contributed by atoms with Crippen molar-refractivity contribution in [3.05, 3.63) is 52.0 Å². The van der Waals surface area contributed by atoms with Crippen molar-refractivity contribution in [3.63, 3.8) is 0 Å². The number of benzene rings is 2. The fraction of sp³-hybridized carbons (Fsp3) is 0.316. The Kier molecular flexibility index (Phi) is 6.08. The van der Waals surface area contributed by atoms with Gasteiger partial charge >= 0.3 is 0 Å². The van der Waals surface area contributed by atoms with E-state index in [1.807, 2.05) is 36.4 Å². The molecule has 28 heavy (non-hydrogen) atoms. The van der Waals surface area contributed by atoms with E-state index < -0.39 is 0 Å². The highest BCUT2D eigenvalue weighted by molar-refractivity contribution is 7.00. The van der Waals surface area contributed by atoms with Gasteiger partial charge in [-0.3, -0.25) is 14.6 Å². The third kappa shape index (κ3) is 4.45. The molecule has 0 unspecified atom stereocenters. The molecule has 1 aliphatic heterocycles. The summed E-state index contributed by atoms with van der Waals surface area (Å²) in [5.41, 5.74) is 3.21. The van der Waals surface area contributed by atoms with Gasteiger partial charge < -0.3 is 5.32 Å². The molecule has 0 aliphatic carbocycles. The summed E-state index contributed by atoms with van der Waals surface area (Å²) in [6, 6.07) is 11.2. The van der Waals surface area contributed by atoms with Gasteiger partial charge in [0.05, 0.1) is 24.0 Å². The van der Waals surface area contributed by atoms with Gasteiger partial charge in [-0.25, -0.2) is 0 Å². The Balaban J connectivity index is 1.29. The minimum atomic E-state index is -0.0388. The number of hydrogen-bond acceptors (Lipinski definition) is 6. The lowest BCUT2D eigenvalue weighted by molar-refractivity contribution is -0.117. The zero-order valence-corrected chi connectivity index (χ0v) is 17.4. The molecule has 1 aromatic heterocycles. The summed E-state index contributed by atoms with van der Waals surface area (Å²) in [5.74, 6) is -0.0388. The van der Waals surface area contributed by atoms with Crippen molar-refractivity contribution in [3.8, 4) is 0 Å². The summed E-state index contributed by atoms with van der Waals surface area (Å²) >= 11 is 13.7. The van der Waals surface area contributed by atoms with Crippen molar-refractivity contribution in [2.24, 2.45) is 0 Å². The van der Waals surface area contributed by atoms with Crippen LogP contribution in [0.25, 0.3) is 11.0 Å². The first-order chi connectivity index (χ1) is 13.6. The van der Waals surface area contributed by atoms with Gasteiger partial charge in [0.15, 0.2) is 0 Å². The summed E-state index contributed by atoms with van der Waals surface area (Å²) in [5, 5.41) is 4.35. The minimum absolute atomic E-state index is 0.0388. The van der Waals surface area contributed by atoms with Crippen molar-refractivity contribution >= 4 is 57.6 Å². The molecule has 0 spiro atoms. The molecule has 0 radical (unpaired) electrons. The van der Waals surface area contributed by atoms with E-state index in [0.717, 1.165) is 61.0 Å². The molecule has 146 valence electrons. The summed E-state index contributed by atoms with van der Waals surface area (Å²) < 4.78 is 8.46. The first kappa shape index (κ1) is 19.5. The maximum atomic E-state index is 12.5. The van der Waals surface area contributed by atoms with Crippen LogP contribution in [0.1, 0.15) is 5.56 Å². The monoisotopic (exact) mass is 435 g/mol. The molecule has 1 fully saturated rings. The van der Waals surface area contributed by atoms with Gasteiger partial charge in [0.2, 0.25) is 5.91 Å². The van der Waals surface area contributed by atoms with Gasteiger partial charge in [-0.05, 0) is 24.3 Å². The zero-order chi connectivity index (χ0) is 19.5. The molecular formula is C19H19Cl2N5OS. The number of piperazine rings is 1. The average Bonchev–Trinajstić information content (AvgIpc) is 3.16. The molecule has 3 aromatic rings. The molecule has 1 aliphatic rings. The molecule has 9 heteroatoms. The first-order valence-corrected chi connectivity index (χ1v) is 10.5. The van der Waals surface area contributed by atoms with Crippen LogP contribution in [0.5, 0.6) is 0 Å². The fourth-order valence-corrected chi connectivity index (χ4v) is 4.38. The molecule has 1 saturated heterocycles. The molecular weight excluding hydrogens is 417 g/mol. The quantitative estimate of drug-likeness (QED) is 0.660. The Bertz CT molecular complexity index is 967. The SMILES string of the molecule is O=C(CN1CCN(Cc2c(Cl)cccc2Cl)CC1)Nc1cccc2nsnc12. The van der Waals surface area contributed by atoms with E-state index in [-0.39, 0.29) is 5.91 Å². The van der Waals surface area contributed by atoms with Gasteiger partial charge in [-0.1, -0.05) is 35.3 Å². The largest absolute Gasteiger partial charge is 0.323 e. The van der Waals surface area contributed by atoms with E-state index in [0.29, 0.717) is 22.3 Å². The highest BCUT2D eigenvalue weighted by atomic mass is 35.5. The third-order valence-corrected chi connectivity index (χ3v) is 6.09. The van der Waals surface area contributed by atoms with Crippen LogP contribution in [0, 0.1) is 0 Å². The number of halogens is 2. The number of carbonyl (C=O) groups is 1. The first-order valence-electron chi connectivity index (χ1n) is 8.99. The molecule has 0 bridgehead atoms. The van der Waals surface area contributed by atoms with Crippen LogP contribution in [-0.2, 0) is 11.3 Å². The number of anilines is 1. The zero-order valence-electron chi connectivity index (χ0n) is 15.1. The highest BCUT2D eigenvalue weighted by Crippen LogP contribution is 2.26. The van der Waals surface area contributed by atoms with E-state index in [9.17, 15) is 4.79 Å². The van der Waals surface area contributed by atoms with E-state index >= 15 is 0 Å². The van der Waals surface area contributed by atoms with Crippen LogP contribution in [-0.4, -0.2) is 57.2 Å². The Labute approximate surface area is 177 Å². The van der Waals surface area contributed by atoms with Gasteiger partial charge in [-0.2, -0.15) is 8.75 Å². The van der Waals surface area contributed by atoms with Crippen molar-refractivity contribution in [2.45, 2.75) is 6.54 Å². The van der Waals surface area contributed by atoms with Crippen molar-refractivity contribution in [1.82, 2.24) is 18.5 Å². The van der Waals surface area contributed by atoms with Crippen LogP contribution >= 0.6 is 34.9 Å². The second-order valence-corrected chi connectivity index (χ2v) is 8.08. The van der Waals surface area contributed by atoms with Crippen LogP contribution in [0.2, 0.25) is 10.0 Å². The van der Waals surface area contributed by atoms with Gasteiger partial charge in [0, 0.05) is 48.3 Å². The predicted octanol–water partition coefficient (Wildman–Crippen LogP) is 3.75. The predicted molar refractivity (Wildman–Crippen MR) is 114 cm³/mol. The Morgan fingerprint density at radius 3 is 2.43 bits per heavy atom. The van der Waals surface area contributed by atoms with E-state index in [2.05, 4.69) is 23.9 Å². The average molecular weight is 436 g/mol. The normalized spacial score (nSPS) is 15.8. The minimum Gasteiger partial charge on any atom is -0.323 e. The second-order valence-electron chi connectivity index (χ2n) is 6.74. The van der Waals surface area contributed by atoms with Gasteiger partial charge in [0.1, 0.15) is 11.0 Å². The Morgan fingerprint density at radius 1 is 1.00 bits per heavy atom. The highest BCUT2D eigenvalue weighted by Gasteiger charge is 2.21. The molecule has 1 amide bonds. The van der Waals surface area contributed by atoms with Crippen LogP contribution < -0.4 is 5.32 Å². The van der Waals surface area contributed by atoms with Crippen LogP contribution in [0.3, 0.4) is 0 Å². The van der Waals surface area contributed by atoms with Gasteiger partial charge in [0.25, 0.3) is 0 Å². The molecule has 2 aromatic carbocycles. The number of rotatable bonds is 5. The van der Waals surface area contributed by atoms with E-state index in [4.69, 9.17) is 23.2 Å².